The molecule has 0 fully saturated rings. The molecule has 21 heavy (non-hydrogen) atoms. The molecule has 0 aromatic heterocycles. The molecule has 0 aliphatic rings. The summed E-state index contributed by atoms with van der Waals surface area (Å²) in [6, 6.07) is 5.39. The van der Waals surface area contributed by atoms with E-state index in [1.165, 1.54) is 7.11 Å². The van der Waals surface area contributed by atoms with Gasteiger partial charge in [-0.15, -0.1) is 0 Å². The van der Waals surface area contributed by atoms with Crippen molar-refractivity contribution >= 4 is 33.8 Å². The van der Waals surface area contributed by atoms with Gasteiger partial charge in [0.15, 0.2) is 0 Å². The van der Waals surface area contributed by atoms with Crippen molar-refractivity contribution in [2.75, 3.05) is 13.7 Å². The van der Waals surface area contributed by atoms with Gasteiger partial charge in [0, 0.05) is 0 Å². The predicted octanol–water partition coefficient (Wildman–Crippen LogP) is 2.40. The van der Waals surface area contributed by atoms with Crippen LogP contribution < -0.4 is 8.90 Å². The number of amides is 1. The molecular weight excluding hydrogens is 373 g/mol. The topological polar surface area (TPSA) is 55.4 Å². The van der Waals surface area contributed by atoms with Crippen LogP contribution in [0.15, 0.2) is 18.2 Å². The first kappa shape index (κ1) is 18.0. The van der Waals surface area contributed by atoms with Crippen molar-refractivity contribution in [2.24, 2.45) is 5.92 Å². The van der Waals surface area contributed by atoms with Crippen molar-refractivity contribution in [3.05, 3.63) is 29.3 Å². The maximum atomic E-state index is 12.1. The van der Waals surface area contributed by atoms with Crippen LogP contribution in [0.3, 0.4) is 0 Å². The van der Waals surface area contributed by atoms with Gasteiger partial charge < -0.3 is 0 Å². The normalized spacial score (nSPS) is 11.4. The van der Waals surface area contributed by atoms with E-state index in [9.17, 15) is 9.59 Å². The summed E-state index contributed by atoms with van der Waals surface area (Å²) in [4.78, 5) is 30.8. The SMILES string of the molecule is COC(=O)c1cc(C(=O)NCC(C)C)cc[c]1[Sn]([CH3])([CH3])[CH3]. The third-order valence-electron chi connectivity index (χ3n) is 3.17. The Morgan fingerprint density at radius 3 is 2.33 bits per heavy atom. The van der Waals surface area contributed by atoms with Gasteiger partial charge >= 0.3 is 131 Å². The molecular formula is C16H25NO3Sn. The molecule has 0 saturated heterocycles. The van der Waals surface area contributed by atoms with Crippen LogP contribution in [0, 0.1) is 5.92 Å². The van der Waals surface area contributed by atoms with Crippen molar-refractivity contribution in [3.63, 3.8) is 0 Å². The quantitative estimate of drug-likeness (QED) is 0.613. The Morgan fingerprint density at radius 1 is 1.24 bits per heavy atom. The Morgan fingerprint density at radius 2 is 1.86 bits per heavy atom. The molecule has 0 unspecified atom stereocenters. The minimum absolute atomic E-state index is 0.149. The number of rotatable bonds is 5. The van der Waals surface area contributed by atoms with E-state index in [2.05, 4.69) is 20.1 Å². The number of ether oxygens (including phenoxy) is 1. The summed E-state index contributed by atoms with van der Waals surface area (Å²) in [7, 11) is 1.37. The summed E-state index contributed by atoms with van der Waals surface area (Å²) < 4.78 is 5.95. The fourth-order valence-corrected chi connectivity index (χ4v) is 6.49. The van der Waals surface area contributed by atoms with Crippen molar-refractivity contribution in [2.45, 2.75) is 28.7 Å². The van der Waals surface area contributed by atoms with Crippen LogP contribution in [0.1, 0.15) is 34.6 Å². The first-order valence-corrected chi connectivity index (χ1v) is 17.2. The van der Waals surface area contributed by atoms with E-state index < -0.39 is 18.4 Å². The molecule has 1 aromatic rings. The van der Waals surface area contributed by atoms with Crippen molar-refractivity contribution in [1.29, 1.82) is 0 Å². The second-order valence-corrected chi connectivity index (χ2v) is 21.0. The van der Waals surface area contributed by atoms with Crippen LogP contribution in [-0.4, -0.2) is 43.9 Å². The summed E-state index contributed by atoms with van der Waals surface area (Å²) in [5, 5.41) is 2.87. The number of carbonyl (C=O) groups is 2. The zero-order chi connectivity index (χ0) is 16.2. The molecule has 0 spiro atoms. The molecule has 1 aromatic carbocycles. The maximum absolute atomic E-state index is 12.1. The monoisotopic (exact) mass is 399 g/mol. The van der Waals surface area contributed by atoms with E-state index in [4.69, 9.17) is 4.74 Å². The number of benzene rings is 1. The van der Waals surface area contributed by atoms with Crippen molar-refractivity contribution in [1.82, 2.24) is 5.32 Å². The minimum atomic E-state index is -2.44. The summed E-state index contributed by atoms with van der Waals surface area (Å²) in [5.74, 6) is -0.126. The van der Waals surface area contributed by atoms with Crippen molar-refractivity contribution in [3.8, 4) is 0 Å². The number of esters is 1. The second kappa shape index (κ2) is 7.29. The van der Waals surface area contributed by atoms with Crippen LogP contribution in [-0.2, 0) is 4.74 Å². The van der Waals surface area contributed by atoms with Gasteiger partial charge in [-0.2, -0.15) is 0 Å². The van der Waals surface area contributed by atoms with Gasteiger partial charge in [-0.1, -0.05) is 0 Å². The average molecular weight is 398 g/mol. The van der Waals surface area contributed by atoms with Crippen LogP contribution >= 0.6 is 0 Å². The molecule has 5 heteroatoms. The molecule has 0 heterocycles. The molecule has 4 nitrogen and oxygen atoms in total. The number of carbonyl (C=O) groups excluding carboxylic acids is 2. The Labute approximate surface area is 131 Å². The van der Waals surface area contributed by atoms with Crippen LogP contribution in [0.4, 0.5) is 0 Å². The zero-order valence-corrected chi connectivity index (χ0v) is 16.6. The van der Waals surface area contributed by atoms with Gasteiger partial charge in [0.25, 0.3) is 0 Å². The molecule has 1 rings (SSSR count). The van der Waals surface area contributed by atoms with Crippen LogP contribution in [0.5, 0.6) is 0 Å². The molecule has 0 aliphatic carbocycles. The molecule has 0 saturated carbocycles. The van der Waals surface area contributed by atoms with E-state index in [0.717, 1.165) is 3.58 Å². The molecule has 1 N–H and O–H groups in total. The van der Waals surface area contributed by atoms with E-state index in [1.54, 1.807) is 12.1 Å². The first-order valence-electron chi connectivity index (χ1n) is 7.18. The number of hydrogen-bond acceptors (Lipinski definition) is 3. The van der Waals surface area contributed by atoms with Crippen LogP contribution in [0.25, 0.3) is 0 Å². The van der Waals surface area contributed by atoms with Gasteiger partial charge in [0.05, 0.1) is 0 Å². The number of methoxy groups -OCH3 is 1. The van der Waals surface area contributed by atoms with E-state index in [1.807, 2.05) is 19.9 Å². The Kier molecular flexibility index (Phi) is 6.25. The standard InChI is InChI=1S/C13H16NO3.3CH3.Sn/c1-9(2)8-14-12(15)10-5-4-6-11(7-10)13(16)17-3;;;;/h4-5,7,9H,8H2,1-3H3,(H,14,15);3*1H3;. The molecule has 0 aliphatic heterocycles. The summed E-state index contributed by atoms with van der Waals surface area (Å²) in [6.45, 7) is 4.70. The molecule has 116 valence electrons. The third-order valence-corrected chi connectivity index (χ3v) is 9.02. The van der Waals surface area contributed by atoms with Gasteiger partial charge in [-0.3, -0.25) is 0 Å². The van der Waals surface area contributed by atoms with Crippen molar-refractivity contribution < 1.29 is 14.3 Å². The van der Waals surface area contributed by atoms with E-state index >= 15 is 0 Å². The summed E-state index contributed by atoms with van der Waals surface area (Å²) in [5.41, 5.74) is 1.05. The summed E-state index contributed by atoms with van der Waals surface area (Å²) in [6.07, 6.45) is 0. The van der Waals surface area contributed by atoms with E-state index in [0.29, 0.717) is 23.6 Å². The van der Waals surface area contributed by atoms with Gasteiger partial charge in [0.2, 0.25) is 0 Å². The predicted molar refractivity (Wildman–Crippen MR) is 87.9 cm³/mol. The van der Waals surface area contributed by atoms with E-state index in [-0.39, 0.29) is 11.9 Å². The Bertz CT molecular complexity index is 533. The Hall–Kier alpha value is -1.04. The number of hydrogen-bond donors (Lipinski definition) is 1. The average Bonchev–Trinajstić information content (AvgIpc) is 2.42. The number of nitrogens with one attached hydrogen (secondary N) is 1. The fourth-order valence-electron chi connectivity index (χ4n) is 2.02. The molecule has 1 amide bonds. The summed E-state index contributed by atoms with van der Waals surface area (Å²) >= 11 is -2.44. The van der Waals surface area contributed by atoms with Gasteiger partial charge in [-0.05, 0) is 0 Å². The second-order valence-electron chi connectivity index (χ2n) is 6.61. The first-order chi connectivity index (χ1) is 9.66. The van der Waals surface area contributed by atoms with Gasteiger partial charge in [0.1, 0.15) is 0 Å². The van der Waals surface area contributed by atoms with Crippen LogP contribution in [0.2, 0.25) is 14.8 Å². The molecule has 0 atom stereocenters. The molecule has 0 bridgehead atoms. The fraction of sp³-hybridized carbons (Fsp3) is 0.500. The third kappa shape index (κ3) is 5.02. The zero-order valence-electron chi connectivity index (χ0n) is 13.7. The van der Waals surface area contributed by atoms with Gasteiger partial charge in [-0.25, -0.2) is 0 Å². The molecule has 0 radical (unpaired) electrons. The Balaban J connectivity index is 3.16.